The Labute approximate surface area is 164 Å². The summed E-state index contributed by atoms with van der Waals surface area (Å²) in [5.74, 6) is -0.312. The van der Waals surface area contributed by atoms with Crippen LogP contribution in [-0.2, 0) is 16.1 Å². The average Bonchev–Trinajstić information content (AvgIpc) is 3.32. The number of nitrogens with zero attached hydrogens (tertiary/aromatic N) is 3. The zero-order chi connectivity index (χ0) is 19.5. The summed E-state index contributed by atoms with van der Waals surface area (Å²) in [6.45, 7) is 0.943. The molecule has 2 atom stereocenters. The Morgan fingerprint density at radius 3 is 2.50 bits per heavy atom. The van der Waals surface area contributed by atoms with Gasteiger partial charge in [-0.15, -0.1) is 0 Å². The number of likely N-dealkylation sites (tertiary alicyclic amines) is 1. The molecule has 6 heteroatoms. The summed E-state index contributed by atoms with van der Waals surface area (Å²) in [6, 6.07) is 19.5. The lowest BCUT2D eigenvalue weighted by Crippen LogP contribution is -2.36. The van der Waals surface area contributed by atoms with Gasteiger partial charge < -0.3 is 9.84 Å². The first-order valence-electron chi connectivity index (χ1n) is 9.35. The van der Waals surface area contributed by atoms with E-state index < -0.39 is 12.1 Å². The number of carbonyl (C=O) groups is 1. The lowest BCUT2D eigenvalue weighted by atomic mass is 10.1. The summed E-state index contributed by atoms with van der Waals surface area (Å²) in [5.41, 5.74) is 3.85. The highest BCUT2D eigenvalue weighted by molar-refractivity contribution is 5.76. The van der Waals surface area contributed by atoms with Gasteiger partial charge in [0.2, 0.25) is 0 Å². The fourth-order valence-electron chi connectivity index (χ4n) is 3.73. The van der Waals surface area contributed by atoms with Gasteiger partial charge in [-0.05, 0) is 12.1 Å². The number of aromatic nitrogens is 2. The molecule has 1 N–H and O–H groups in total. The van der Waals surface area contributed by atoms with Crippen LogP contribution < -0.4 is 0 Å². The Balaban J connectivity index is 1.71. The van der Waals surface area contributed by atoms with Crippen molar-refractivity contribution in [3.63, 3.8) is 0 Å². The number of methoxy groups -OCH3 is 1. The Morgan fingerprint density at radius 1 is 1.14 bits per heavy atom. The smallest absolute Gasteiger partial charge is 0.323 e. The summed E-state index contributed by atoms with van der Waals surface area (Å²) < 4.78 is 6.79. The van der Waals surface area contributed by atoms with Crippen LogP contribution >= 0.6 is 0 Å². The van der Waals surface area contributed by atoms with Crippen molar-refractivity contribution >= 4 is 5.97 Å². The Morgan fingerprint density at radius 2 is 1.82 bits per heavy atom. The van der Waals surface area contributed by atoms with Crippen LogP contribution in [0.2, 0.25) is 0 Å². The van der Waals surface area contributed by atoms with Crippen molar-refractivity contribution in [3.8, 4) is 16.9 Å². The Hall–Kier alpha value is -2.96. The van der Waals surface area contributed by atoms with Gasteiger partial charge in [0.05, 0.1) is 24.6 Å². The van der Waals surface area contributed by atoms with Gasteiger partial charge in [0, 0.05) is 36.8 Å². The normalized spacial score (nSPS) is 19.6. The van der Waals surface area contributed by atoms with Gasteiger partial charge in [-0.25, -0.2) is 4.68 Å². The maximum atomic E-state index is 12.1. The van der Waals surface area contributed by atoms with E-state index in [0.717, 1.165) is 22.5 Å². The minimum Gasteiger partial charge on any atom is -0.468 e. The molecule has 1 aliphatic rings. The number of β-amino-alcohol motifs (C(OH)–C–C–N with tert-alkyl or cyclic N) is 1. The van der Waals surface area contributed by atoms with E-state index in [1.807, 2.05) is 76.4 Å². The molecule has 2 aromatic carbocycles. The zero-order valence-corrected chi connectivity index (χ0v) is 15.7. The zero-order valence-electron chi connectivity index (χ0n) is 15.7. The number of carbonyl (C=O) groups excluding carboxylic acids is 1. The van der Waals surface area contributed by atoms with Crippen LogP contribution in [0, 0.1) is 0 Å². The number of aliphatic hydroxyl groups excluding tert-OH is 1. The molecule has 144 valence electrons. The van der Waals surface area contributed by atoms with Crippen LogP contribution in [0.3, 0.4) is 0 Å². The maximum absolute atomic E-state index is 12.1. The van der Waals surface area contributed by atoms with E-state index in [9.17, 15) is 9.90 Å². The van der Waals surface area contributed by atoms with Crippen molar-refractivity contribution < 1.29 is 14.6 Å². The third-order valence-electron chi connectivity index (χ3n) is 5.09. The molecule has 4 rings (SSSR count). The molecule has 0 bridgehead atoms. The van der Waals surface area contributed by atoms with Gasteiger partial charge in [-0.3, -0.25) is 9.69 Å². The van der Waals surface area contributed by atoms with Crippen molar-refractivity contribution in [2.45, 2.75) is 25.1 Å². The highest BCUT2D eigenvalue weighted by Gasteiger charge is 2.37. The van der Waals surface area contributed by atoms with Gasteiger partial charge in [0.25, 0.3) is 0 Å². The molecule has 1 aromatic heterocycles. The van der Waals surface area contributed by atoms with Gasteiger partial charge >= 0.3 is 5.97 Å². The molecular formula is C22H23N3O3. The predicted octanol–water partition coefficient (Wildman–Crippen LogP) is 2.65. The fourth-order valence-corrected chi connectivity index (χ4v) is 3.73. The van der Waals surface area contributed by atoms with E-state index in [-0.39, 0.29) is 5.97 Å². The molecule has 28 heavy (non-hydrogen) atoms. The van der Waals surface area contributed by atoms with Crippen molar-refractivity contribution in [2.75, 3.05) is 13.7 Å². The fraction of sp³-hybridized carbons (Fsp3) is 0.273. The summed E-state index contributed by atoms with van der Waals surface area (Å²) in [6.07, 6.45) is 1.85. The Bertz CT molecular complexity index is 940. The molecule has 6 nitrogen and oxygen atoms in total. The van der Waals surface area contributed by atoms with Crippen molar-refractivity contribution in [3.05, 3.63) is 72.4 Å². The highest BCUT2D eigenvalue weighted by atomic mass is 16.5. The SMILES string of the molecule is COC(=O)[C@H]1C[C@@H](O)CN1Cc1cn(-c2ccccc2)nc1-c1ccccc1. The lowest BCUT2D eigenvalue weighted by Gasteiger charge is -2.21. The second-order valence-corrected chi connectivity index (χ2v) is 7.01. The number of rotatable bonds is 5. The standard InChI is InChI=1S/C22H23N3O3/c1-28-22(27)20-12-19(26)15-24(20)13-17-14-25(18-10-6-3-7-11-18)23-21(17)16-8-4-2-5-9-16/h2-11,14,19-20,26H,12-13,15H2,1H3/t19-,20-/m1/s1. The van der Waals surface area contributed by atoms with Crippen molar-refractivity contribution in [1.29, 1.82) is 0 Å². The minimum absolute atomic E-state index is 0.312. The van der Waals surface area contributed by atoms with Gasteiger partial charge in [0.15, 0.2) is 0 Å². The third-order valence-corrected chi connectivity index (χ3v) is 5.09. The van der Waals surface area contributed by atoms with Crippen LogP contribution in [0.1, 0.15) is 12.0 Å². The minimum atomic E-state index is -0.534. The molecule has 1 aliphatic heterocycles. The maximum Gasteiger partial charge on any atom is 0.323 e. The molecule has 0 unspecified atom stereocenters. The van der Waals surface area contributed by atoms with Crippen LogP contribution in [-0.4, -0.2) is 51.6 Å². The van der Waals surface area contributed by atoms with E-state index in [1.54, 1.807) is 0 Å². The molecule has 0 saturated carbocycles. The number of benzene rings is 2. The third kappa shape index (κ3) is 3.69. The number of para-hydroxylation sites is 1. The van der Waals surface area contributed by atoms with Crippen LogP contribution in [0.15, 0.2) is 66.9 Å². The molecular weight excluding hydrogens is 354 g/mol. The molecule has 0 amide bonds. The molecule has 3 aromatic rings. The van der Waals surface area contributed by atoms with Crippen LogP contribution in [0.4, 0.5) is 0 Å². The first-order valence-corrected chi connectivity index (χ1v) is 9.35. The molecule has 0 aliphatic carbocycles. The van der Waals surface area contributed by atoms with E-state index >= 15 is 0 Å². The van der Waals surface area contributed by atoms with Crippen LogP contribution in [0.5, 0.6) is 0 Å². The molecule has 2 heterocycles. The predicted molar refractivity (Wildman–Crippen MR) is 106 cm³/mol. The highest BCUT2D eigenvalue weighted by Crippen LogP contribution is 2.28. The number of aliphatic hydroxyl groups is 1. The van der Waals surface area contributed by atoms with Crippen molar-refractivity contribution in [1.82, 2.24) is 14.7 Å². The Kier molecular flexibility index (Phi) is 5.23. The summed E-state index contributed by atoms with van der Waals surface area (Å²) >= 11 is 0. The molecule has 1 fully saturated rings. The van der Waals surface area contributed by atoms with Gasteiger partial charge in [-0.1, -0.05) is 48.5 Å². The summed E-state index contributed by atoms with van der Waals surface area (Å²) in [5, 5.41) is 14.9. The first kappa shape index (κ1) is 18.4. The molecule has 1 saturated heterocycles. The van der Waals surface area contributed by atoms with E-state index in [4.69, 9.17) is 9.84 Å². The number of esters is 1. The monoisotopic (exact) mass is 377 g/mol. The van der Waals surface area contributed by atoms with Crippen molar-refractivity contribution in [2.24, 2.45) is 0 Å². The number of hydrogen-bond donors (Lipinski definition) is 1. The van der Waals surface area contributed by atoms with E-state index in [1.165, 1.54) is 7.11 Å². The lowest BCUT2D eigenvalue weighted by molar-refractivity contribution is -0.146. The van der Waals surface area contributed by atoms with Gasteiger partial charge in [0.1, 0.15) is 6.04 Å². The van der Waals surface area contributed by atoms with Crippen LogP contribution in [0.25, 0.3) is 16.9 Å². The number of ether oxygens (including phenoxy) is 1. The quantitative estimate of drug-likeness (QED) is 0.693. The summed E-state index contributed by atoms with van der Waals surface area (Å²) in [4.78, 5) is 14.1. The summed E-state index contributed by atoms with van der Waals surface area (Å²) in [7, 11) is 1.38. The second kappa shape index (κ2) is 7.96. The van der Waals surface area contributed by atoms with E-state index in [0.29, 0.717) is 19.5 Å². The topological polar surface area (TPSA) is 67.6 Å². The number of hydrogen-bond acceptors (Lipinski definition) is 5. The van der Waals surface area contributed by atoms with Gasteiger partial charge in [-0.2, -0.15) is 5.10 Å². The largest absolute Gasteiger partial charge is 0.468 e. The van der Waals surface area contributed by atoms with E-state index in [2.05, 4.69) is 0 Å². The first-order chi connectivity index (χ1) is 13.7. The molecule has 0 radical (unpaired) electrons. The molecule has 0 spiro atoms. The average molecular weight is 377 g/mol. The second-order valence-electron chi connectivity index (χ2n) is 7.01.